The number of rotatable bonds is 8. The second-order valence-corrected chi connectivity index (χ2v) is 5.09. The number of ether oxygens (including phenoxy) is 1. The molecule has 21 heavy (non-hydrogen) atoms. The molecule has 0 bridgehead atoms. The van der Waals surface area contributed by atoms with E-state index in [1.54, 1.807) is 5.38 Å². The molecule has 0 unspecified atom stereocenters. The lowest BCUT2D eigenvalue weighted by Gasteiger charge is -2.10. The maximum Gasteiger partial charge on any atom is 0.304 e. The molecule has 0 aliphatic rings. The average molecular weight is 309 g/mol. The summed E-state index contributed by atoms with van der Waals surface area (Å²) in [7, 11) is 0. The summed E-state index contributed by atoms with van der Waals surface area (Å²) >= 11 is 1.15. The first-order valence-electron chi connectivity index (χ1n) is 6.81. The van der Waals surface area contributed by atoms with Crippen molar-refractivity contribution in [2.75, 3.05) is 23.8 Å². The van der Waals surface area contributed by atoms with Crippen molar-refractivity contribution in [1.82, 2.24) is 15.0 Å². The zero-order chi connectivity index (χ0) is 15.1. The summed E-state index contributed by atoms with van der Waals surface area (Å²) in [6, 6.07) is 1.84. The molecule has 0 amide bonds. The standard InChI is InChI=1S/C13H19N5O2S/c1-3-14-10-5-11(18-12(17-10)7-20-4-2)15-6-9-8-21-13(19)16-9/h5,8H,3-4,6-7H2,1-2H3,(H,16,19)(H2,14,15,17,18). The number of hydrogen-bond acceptors (Lipinski definition) is 7. The predicted molar refractivity (Wildman–Crippen MR) is 83.8 cm³/mol. The van der Waals surface area contributed by atoms with E-state index in [9.17, 15) is 4.79 Å². The Hall–Kier alpha value is -1.93. The highest BCUT2D eigenvalue weighted by molar-refractivity contribution is 7.07. The number of aromatic nitrogens is 3. The monoisotopic (exact) mass is 309 g/mol. The van der Waals surface area contributed by atoms with Crippen LogP contribution in [0.1, 0.15) is 25.4 Å². The van der Waals surface area contributed by atoms with E-state index in [1.807, 2.05) is 19.9 Å². The van der Waals surface area contributed by atoms with E-state index >= 15 is 0 Å². The first kappa shape index (κ1) is 15.5. The Morgan fingerprint density at radius 3 is 2.67 bits per heavy atom. The number of aromatic amines is 1. The van der Waals surface area contributed by atoms with Crippen LogP contribution in [0, 0.1) is 0 Å². The van der Waals surface area contributed by atoms with Crippen molar-refractivity contribution in [1.29, 1.82) is 0 Å². The molecule has 0 fully saturated rings. The highest BCUT2D eigenvalue weighted by Gasteiger charge is 2.05. The fraction of sp³-hybridized carbons (Fsp3) is 0.462. The third kappa shape index (κ3) is 4.83. The molecule has 0 spiro atoms. The van der Waals surface area contributed by atoms with Crippen molar-refractivity contribution in [2.24, 2.45) is 0 Å². The van der Waals surface area contributed by atoms with E-state index in [4.69, 9.17) is 4.74 Å². The van der Waals surface area contributed by atoms with E-state index in [0.717, 1.165) is 29.4 Å². The van der Waals surface area contributed by atoms with Gasteiger partial charge >= 0.3 is 4.87 Å². The van der Waals surface area contributed by atoms with Gasteiger partial charge in [-0.05, 0) is 13.8 Å². The van der Waals surface area contributed by atoms with Crippen LogP contribution < -0.4 is 15.5 Å². The van der Waals surface area contributed by atoms with Crippen molar-refractivity contribution < 1.29 is 4.74 Å². The quantitative estimate of drug-likeness (QED) is 0.689. The van der Waals surface area contributed by atoms with Gasteiger partial charge in [0.15, 0.2) is 5.82 Å². The van der Waals surface area contributed by atoms with Gasteiger partial charge in [0.25, 0.3) is 0 Å². The molecular weight excluding hydrogens is 290 g/mol. The fourth-order valence-corrected chi connectivity index (χ4v) is 2.29. The fourth-order valence-electron chi connectivity index (χ4n) is 1.70. The molecule has 0 saturated heterocycles. The van der Waals surface area contributed by atoms with Gasteiger partial charge in [0.2, 0.25) is 0 Å². The number of nitrogens with one attached hydrogen (secondary N) is 3. The first-order chi connectivity index (χ1) is 10.2. The van der Waals surface area contributed by atoms with Gasteiger partial charge in [-0.15, -0.1) is 0 Å². The smallest absolute Gasteiger partial charge is 0.304 e. The molecule has 2 aromatic heterocycles. The third-order valence-electron chi connectivity index (χ3n) is 2.60. The second-order valence-electron chi connectivity index (χ2n) is 4.25. The lowest BCUT2D eigenvalue weighted by atomic mass is 10.4. The van der Waals surface area contributed by atoms with Crippen LogP contribution in [0.25, 0.3) is 0 Å². The molecule has 0 aliphatic heterocycles. The number of hydrogen-bond donors (Lipinski definition) is 3. The number of thiazole rings is 1. The summed E-state index contributed by atoms with van der Waals surface area (Å²) in [5.41, 5.74) is 0.833. The van der Waals surface area contributed by atoms with E-state index in [-0.39, 0.29) is 4.87 Å². The number of anilines is 2. The molecule has 0 saturated carbocycles. The molecular formula is C13H19N5O2S. The number of H-pyrrole nitrogens is 1. The SMILES string of the molecule is CCNc1cc(NCc2csc(=O)[nH]2)nc(COCC)n1. The molecule has 2 rings (SSSR count). The second kappa shape index (κ2) is 7.75. The van der Waals surface area contributed by atoms with Gasteiger partial charge in [-0.3, -0.25) is 4.79 Å². The molecule has 3 N–H and O–H groups in total. The Bertz CT molecular complexity index is 625. The highest BCUT2D eigenvalue weighted by atomic mass is 32.1. The summed E-state index contributed by atoms with van der Waals surface area (Å²) < 4.78 is 5.35. The maximum atomic E-state index is 11.1. The van der Waals surface area contributed by atoms with Gasteiger partial charge in [0.05, 0.1) is 6.54 Å². The lowest BCUT2D eigenvalue weighted by Crippen LogP contribution is -2.09. The molecule has 8 heteroatoms. The van der Waals surface area contributed by atoms with Gasteiger partial charge < -0.3 is 20.4 Å². The normalized spacial score (nSPS) is 10.6. The molecule has 0 radical (unpaired) electrons. The van der Waals surface area contributed by atoms with Crippen LogP contribution in [0.2, 0.25) is 0 Å². The van der Waals surface area contributed by atoms with Crippen molar-refractivity contribution in [3.05, 3.63) is 32.6 Å². The largest absolute Gasteiger partial charge is 0.374 e. The molecule has 0 aliphatic carbocycles. The lowest BCUT2D eigenvalue weighted by molar-refractivity contribution is 0.128. The van der Waals surface area contributed by atoms with Crippen LogP contribution in [0.3, 0.4) is 0 Å². The van der Waals surface area contributed by atoms with Crippen molar-refractivity contribution in [2.45, 2.75) is 27.0 Å². The molecule has 0 aromatic carbocycles. The van der Waals surface area contributed by atoms with Crippen LogP contribution in [0.5, 0.6) is 0 Å². The molecule has 7 nitrogen and oxygen atoms in total. The van der Waals surface area contributed by atoms with Gasteiger partial charge in [0.1, 0.15) is 18.2 Å². The van der Waals surface area contributed by atoms with E-state index in [1.165, 1.54) is 0 Å². The minimum Gasteiger partial charge on any atom is -0.374 e. The van der Waals surface area contributed by atoms with Crippen molar-refractivity contribution >= 4 is 23.0 Å². The Labute approximate surface area is 126 Å². The van der Waals surface area contributed by atoms with E-state index in [0.29, 0.717) is 31.4 Å². The molecule has 114 valence electrons. The topological polar surface area (TPSA) is 91.9 Å². The molecule has 2 aromatic rings. The zero-order valence-corrected chi connectivity index (χ0v) is 12.9. The average Bonchev–Trinajstić information content (AvgIpc) is 2.89. The minimum atomic E-state index is -0.0557. The Morgan fingerprint density at radius 2 is 2.05 bits per heavy atom. The maximum absolute atomic E-state index is 11.1. The van der Waals surface area contributed by atoms with Crippen molar-refractivity contribution in [3.63, 3.8) is 0 Å². The molecule has 0 atom stereocenters. The number of nitrogens with zero attached hydrogens (tertiary/aromatic N) is 2. The minimum absolute atomic E-state index is 0.0557. The van der Waals surface area contributed by atoms with Gasteiger partial charge in [0, 0.05) is 30.3 Å². The Morgan fingerprint density at radius 1 is 1.29 bits per heavy atom. The van der Waals surface area contributed by atoms with Crippen LogP contribution in [0.4, 0.5) is 11.6 Å². The molecule has 2 heterocycles. The zero-order valence-electron chi connectivity index (χ0n) is 12.1. The van der Waals surface area contributed by atoms with Crippen LogP contribution >= 0.6 is 11.3 Å². The summed E-state index contributed by atoms with van der Waals surface area (Å²) in [4.78, 5) is 22.6. The van der Waals surface area contributed by atoms with Crippen LogP contribution in [-0.4, -0.2) is 28.1 Å². The Balaban J connectivity index is 2.08. The van der Waals surface area contributed by atoms with Gasteiger partial charge in [-0.2, -0.15) is 0 Å². The summed E-state index contributed by atoms with van der Waals surface area (Å²) in [6.45, 7) is 6.22. The van der Waals surface area contributed by atoms with Crippen molar-refractivity contribution in [3.8, 4) is 0 Å². The predicted octanol–water partition coefficient (Wildman–Crippen LogP) is 1.81. The van der Waals surface area contributed by atoms with Gasteiger partial charge in [-0.1, -0.05) is 11.3 Å². The highest BCUT2D eigenvalue weighted by Crippen LogP contribution is 2.13. The van der Waals surface area contributed by atoms with Gasteiger partial charge in [-0.25, -0.2) is 9.97 Å². The summed E-state index contributed by atoms with van der Waals surface area (Å²) in [5.74, 6) is 2.07. The third-order valence-corrected chi connectivity index (χ3v) is 3.31. The first-order valence-corrected chi connectivity index (χ1v) is 7.69. The van der Waals surface area contributed by atoms with E-state index < -0.39 is 0 Å². The van der Waals surface area contributed by atoms with Crippen LogP contribution in [0.15, 0.2) is 16.2 Å². The Kier molecular flexibility index (Phi) is 5.70. The summed E-state index contributed by atoms with van der Waals surface area (Å²) in [5, 5.41) is 8.14. The van der Waals surface area contributed by atoms with E-state index in [2.05, 4.69) is 25.6 Å². The summed E-state index contributed by atoms with van der Waals surface area (Å²) in [6.07, 6.45) is 0. The van der Waals surface area contributed by atoms with Crippen LogP contribution in [-0.2, 0) is 17.9 Å².